The molecule has 1 N–H and O–H groups in total. The molecule has 0 saturated carbocycles. The van der Waals surface area contributed by atoms with Crippen LogP contribution in [0.15, 0.2) is 47.3 Å². The van der Waals surface area contributed by atoms with Crippen LogP contribution in [0.1, 0.15) is 19.8 Å². The molecule has 6 heteroatoms. The minimum atomic E-state index is -0.252. The van der Waals surface area contributed by atoms with Gasteiger partial charge in [-0.1, -0.05) is 12.2 Å². The van der Waals surface area contributed by atoms with Crippen molar-refractivity contribution in [2.45, 2.75) is 31.8 Å². The van der Waals surface area contributed by atoms with Crippen LogP contribution in [0.25, 0.3) is 0 Å². The summed E-state index contributed by atoms with van der Waals surface area (Å²) in [6.45, 7) is 2.70. The van der Waals surface area contributed by atoms with Crippen molar-refractivity contribution in [2.75, 3.05) is 27.9 Å². The van der Waals surface area contributed by atoms with Gasteiger partial charge in [0.15, 0.2) is 17.3 Å². The zero-order valence-electron chi connectivity index (χ0n) is 15.2. The van der Waals surface area contributed by atoms with Gasteiger partial charge in [-0.15, -0.1) is 0 Å². The number of methoxy groups -OCH3 is 3. The summed E-state index contributed by atoms with van der Waals surface area (Å²) in [7, 11) is 4.83. The SMILES string of the molecule is CC=CC1=CCCN1C(=O)C1CC2C=C(OC)C(OC)=C(OC)C2N1. The van der Waals surface area contributed by atoms with Gasteiger partial charge in [0, 0.05) is 18.2 Å². The molecule has 0 radical (unpaired) electrons. The van der Waals surface area contributed by atoms with Gasteiger partial charge in [-0.3, -0.25) is 10.1 Å². The Morgan fingerprint density at radius 1 is 1.28 bits per heavy atom. The van der Waals surface area contributed by atoms with Gasteiger partial charge in [-0.2, -0.15) is 0 Å². The lowest BCUT2D eigenvalue weighted by Crippen LogP contribution is -2.45. The minimum absolute atomic E-state index is 0.0791. The number of rotatable bonds is 5. The minimum Gasteiger partial charge on any atom is -0.495 e. The van der Waals surface area contributed by atoms with E-state index < -0.39 is 0 Å². The predicted molar refractivity (Wildman–Crippen MR) is 94.2 cm³/mol. The second-order valence-corrected chi connectivity index (χ2v) is 6.34. The van der Waals surface area contributed by atoms with Crippen molar-refractivity contribution in [2.24, 2.45) is 5.92 Å². The fourth-order valence-corrected chi connectivity index (χ4v) is 3.87. The first-order valence-electron chi connectivity index (χ1n) is 8.63. The Kier molecular flexibility index (Phi) is 5.18. The fourth-order valence-electron chi connectivity index (χ4n) is 3.87. The van der Waals surface area contributed by atoms with Crippen LogP contribution in [0, 0.1) is 5.92 Å². The topological polar surface area (TPSA) is 60.0 Å². The third-order valence-electron chi connectivity index (χ3n) is 4.98. The monoisotopic (exact) mass is 346 g/mol. The van der Waals surface area contributed by atoms with Crippen LogP contribution in [0.3, 0.4) is 0 Å². The standard InChI is InChI=1S/C19H26N2O4/c1-5-7-13-8-6-9-21(13)19(22)14-10-12-11-15(23-2)17(24-3)18(25-4)16(12)20-14/h5,7-8,11-12,14,16,20H,6,9-10H2,1-4H3. The van der Waals surface area contributed by atoms with Crippen molar-refractivity contribution in [3.63, 3.8) is 0 Å². The van der Waals surface area contributed by atoms with Gasteiger partial charge in [0.1, 0.15) is 0 Å². The lowest BCUT2D eigenvalue weighted by molar-refractivity contribution is -0.130. The number of hydrogen-bond donors (Lipinski definition) is 1. The average molecular weight is 346 g/mol. The summed E-state index contributed by atoms with van der Waals surface area (Å²) < 4.78 is 16.5. The Morgan fingerprint density at radius 2 is 2.08 bits per heavy atom. The van der Waals surface area contributed by atoms with Crippen molar-refractivity contribution in [3.05, 3.63) is 47.3 Å². The Labute approximate surface area is 148 Å². The van der Waals surface area contributed by atoms with Crippen molar-refractivity contribution in [3.8, 4) is 0 Å². The molecule has 0 aromatic heterocycles. The molecule has 0 spiro atoms. The maximum atomic E-state index is 13.0. The lowest BCUT2D eigenvalue weighted by Gasteiger charge is -2.27. The van der Waals surface area contributed by atoms with Gasteiger partial charge < -0.3 is 19.1 Å². The van der Waals surface area contributed by atoms with E-state index in [-0.39, 0.29) is 23.9 Å². The molecule has 3 rings (SSSR count). The molecule has 2 aliphatic heterocycles. The summed E-state index contributed by atoms with van der Waals surface area (Å²) in [5, 5.41) is 3.44. The van der Waals surface area contributed by atoms with Gasteiger partial charge in [-0.25, -0.2) is 0 Å². The number of fused-ring (bicyclic) bond motifs is 1. The van der Waals surface area contributed by atoms with E-state index >= 15 is 0 Å². The van der Waals surface area contributed by atoms with Gasteiger partial charge in [0.2, 0.25) is 5.91 Å². The zero-order valence-corrected chi connectivity index (χ0v) is 15.2. The van der Waals surface area contributed by atoms with Gasteiger partial charge >= 0.3 is 0 Å². The number of amides is 1. The summed E-state index contributed by atoms with van der Waals surface area (Å²) in [5.74, 6) is 2.18. The first kappa shape index (κ1) is 17.6. The van der Waals surface area contributed by atoms with Crippen LogP contribution in [0.4, 0.5) is 0 Å². The van der Waals surface area contributed by atoms with Crippen LogP contribution in [-0.4, -0.2) is 50.8 Å². The molecule has 2 heterocycles. The molecule has 25 heavy (non-hydrogen) atoms. The van der Waals surface area contributed by atoms with Crippen molar-refractivity contribution in [1.29, 1.82) is 0 Å². The highest BCUT2D eigenvalue weighted by Crippen LogP contribution is 2.37. The number of ether oxygens (including phenoxy) is 3. The second kappa shape index (κ2) is 7.35. The summed E-state index contributed by atoms with van der Waals surface area (Å²) in [6.07, 6.45) is 9.68. The van der Waals surface area contributed by atoms with Crippen molar-refractivity contribution < 1.29 is 19.0 Å². The third-order valence-corrected chi connectivity index (χ3v) is 4.98. The summed E-state index contributed by atoms with van der Waals surface area (Å²) in [6, 6.07) is -0.331. The largest absolute Gasteiger partial charge is 0.495 e. The molecule has 0 aromatic carbocycles. The maximum Gasteiger partial charge on any atom is 0.244 e. The summed E-state index contributed by atoms with van der Waals surface area (Å²) >= 11 is 0. The van der Waals surface area contributed by atoms with E-state index in [9.17, 15) is 4.79 Å². The second-order valence-electron chi connectivity index (χ2n) is 6.34. The number of carbonyl (C=O) groups excluding carboxylic acids is 1. The first-order chi connectivity index (χ1) is 12.1. The normalized spacial score (nSPS) is 28.8. The molecule has 6 nitrogen and oxygen atoms in total. The van der Waals surface area contributed by atoms with E-state index in [1.807, 2.05) is 30.1 Å². The van der Waals surface area contributed by atoms with E-state index in [4.69, 9.17) is 14.2 Å². The molecule has 1 saturated heterocycles. The molecule has 3 aliphatic rings. The Balaban J connectivity index is 1.81. The highest BCUT2D eigenvalue weighted by molar-refractivity contribution is 5.85. The van der Waals surface area contributed by atoms with Gasteiger partial charge in [0.25, 0.3) is 0 Å². The number of nitrogens with one attached hydrogen (secondary N) is 1. The fraction of sp³-hybridized carbons (Fsp3) is 0.526. The van der Waals surface area contributed by atoms with Crippen LogP contribution >= 0.6 is 0 Å². The Bertz CT molecular complexity index is 662. The molecule has 136 valence electrons. The number of allylic oxidation sites excluding steroid dienone is 2. The van der Waals surface area contributed by atoms with Crippen LogP contribution < -0.4 is 5.32 Å². The van der Waals surface area contributed by atoms with E-state index in [0.29, 0.717) is 23.7 Å². The molecule has 0 aromatic rings. The number of hydrogen-bond acceptors (Lipinski definition) is 5. The van der Waals surface area contributed by atoms with Crippen LogP contribution in [0.5, 0.6) is 0 Å². The van der Waals surface area contributed by atoms with Gasteiger partial charge in [-0.05, 0) is 31.9 Å². The van der Waals surface area contributed by atoms with E-state index in [0.717, 1.165) is 18.7 Å². The zero-order chi connectivity index (χ0) is 18.0. The van der Waals surface area contributed by atoms with E-state index in [2.05, 4.69) is 11.4 Å². The molecule has 3 atom stereocenters. The maximum absolute atomic E-state index is 13.0. The predicted octanol–water partition coefficient (Wildman–Crippen LogP) is 2.07. The molecular weight excluding hydrogens is 320 g/mol. The molecule has 1 amide bonds. The average Bonchev–Trinajstić information content (AvgIpc) is 3.26. The number of nitrogens with zero attached hydrogens (tertiary/aromatic N) is 1. The summed E-state index contributed by atoms with van der Waals surface area (Å²) in [5.41, 5.74) is 0.984. The molecule has 1 fully saturated rings. The molecule has 0 bridgehead atoms. The highest BCUT2D eigenvalue weighted by atomic mass is 16.5. The van der Waals surface area contributed by atoms with Crippen LogP contribution in [-0.2, 0) is 19.0 Å². The third kappa shape index (κ3) is 3.06. The lowest BCUT2D eigenvalue weighted by atomic mass is 9.91. The first-order valence-corrected chi connectivity index (χ1v) is 8.63. The van der Waals surface area contributed by atoms with E-state index in [1.165, 1.54) is 0 Å². The molecule has 3 unspecified atom stereocenters. The van der Waals surface area contributed by atoms with Crippen molar-refractivity contribution >= 4 is 5.91 Å². The summed E-state index contributed by atoms with van der Waals surface area (Å²) in [4.78, 5) is 14.9. The Hall–Kier alpha value is -2.21. The van der Waals surface area contributed by atoms with Crippen molar-refractivity contribution in [1.82, 2.24) is 10.2 Å². The smallest absolute Gasteiger partial charge is 0.244 e. The van der Waals surface area contributed by atoms with E-state index in [1.54, 1.807) is 21.3 Å². The van der Waals surface area contributed by atoms with Crippen LogP contribution in [0.2, 0.25) is 0 Å². The highest BCUT2D eigenvalue weighted by Gasteiger charge is 2.45. The quantitative estimate of drug-likeness (QED) is 0.826. The number of carbonyl (C=O) groups is 1. The molecular formula is C19H26N2O4. The molecule has 1 aliphatic carbocycles. The Morgan fingerprint density at radius 3 is 2.72 bits per heavy atom. The van der Waals surface area contributed by atoms with Gasteiger partial charge in [0.05, 0.1) is 33.4 Å².